The van der Waals surface area contributed by atoms with E-state index in [4.69, 9.17) is 9.26 Å². The van der Waals surface area contributed by atoms with Gasteiger partial charge in [-0.15, -0.1) is 0 Å². The summed E-state index contributed by atoms with van der Waals surface area (Å²) in [5.41, 5.74) is 0.692. The van der Waals surface area contributed by atoms with Crippen LogP contribution in [0.3, 0.4) is 0 Å². The second-order valence-electron chi connectivity index (χ2n) is 8.37. The number of carbonyl (C=O) groups is 2. The maximum absolute atomic E-state index is 13.3. The summed E-state index contributed by atoms with van der Waals surface area (Å²) in [6, 6.07) is 4.72. The minimum atomic E-state index is -2.88. The molecular formula is C21H22F2IN6O4P. The first kappa shape index (κ1) is 24.3. The Bertz CT molecular complexity index is 1140. The highest BCUT2D eigenvalue weighted by Crippen LogP contribution is 2.42. The standard InChI is InChI=1S/C21H22F2IN6O4P/c22-21(23)10-16(21)27-19(31)14-1-2-15-18(26-14)30(12-4-6-29(15)11-12)20(32)28-17-9-13(3-5-25-17)33-7-8-34-35-24/h1-3,5,9,12,16,35H,4,6-8,10-11H2,(H,27,31)(H,25,28,32)/t12-,16?/m0/s1. The lowest BCUT2D eigenvalue weighted by molar-refractivity contribution is 0.0845. The van der Waals surface area contributed by atoms with E-state index in [2.05, 4.69) is 47.5 Å². The van der Waals surface area contributed by atoms with Gasteiger partial charge in [0.15, 0.2) is 5.82 Å². The first-order chi connectivity index (χ1) is 16.9. The molecular weight excluding hydrogens is 596 g/mol. The molecule has 3 amide bonds. The summed E-state index contributed by atoms with van der Waals surface area (Å²) in [5.74, 6) is -2.42. The molecule has 1 aliphatic carbocycles. The molecule has 1 saturated carbocycles. The van der Waals surface area contributed by atoms with E-state index in [-0.39, 0.29) is 18.2 Å². The van der Waals surface area contributed by atoms with Crippen LogP contribution in [0.1, 0.15) is 23.3 Å². The number of pyridine rings is 2. The number of amides is 3. The van der Waals surface area contributed by atoms with Gasteiger partial charge < -0.3 is 19.5 Å². The lowest BCUT2D eigenvalue weighted by Gasteiger charge is -2.35. The molecule has 10 nitrogen and oxygen atoms in total. The number of nitrogens with one attached hydrogen (secondary N) is 2. The fourth-order valence-electron chi connectivity index (χ4n) is 4.18. The SMILES string of the molecule is O=C(NC1CC1(F)F)c1ccc2c(n1)N(C(=O)Nc1cc(OCCOPI)ccn1)[C@H]1CCN2C1. The van der Waals surface area contributed by atoms with Gasteiger partial charge in [0.1, 0.15) is 23.9 Å². The number of urea groups is 1. The Morgan fingerprint density at radius 1 is 1.29 bits per heavy atom. The van der Waals surface area contributed by atoms with E-state index in [1.54, 1.807) is 18.2 Å². The van der Waals surface area contributed by atoms with Gasteiger partial charge in [0, 0.05) is 31.8 Å². The number of nitrogens with zero attached hydrogens (tertiary/aromatic N) is 4. The number of alkyl halides is 2. The molecule has 2 unspecified atom stereocenters. The number of rotatable bonds is 8. The van der Waals surface area contributed by atoms with Crippen molar-refractivity contribution in [2.75, 3.05) is 41.4 Å². The highest BCUT2D eigenvalue weighted by molar-refractivity contribution is 14.2. The monoisotopic (exact) mass is 618 g/mol. The van der Waals surface area contributed by atoms with Gasteiger partial charge in [-0.05, 0) is 46.7 Å². The maximum atomic E-state index is 13.3. The summed E-state index contributed by atoms with van der Waals surface area (Å²) in [6.07, 6.45) is 1.88. The molecule has 2 aromatic rings. The van der Waals surface area contributed by atoms with E-state index in [1.807, 2.05) is 0 Å². The molecule has 2 aliphatic heterocycles. The first-order valence-electron chi connectivity index (χ1n) is 11.0. The molecule has 2 N–H and O–H groups in total. The normalized spacial score (nSPS) is 21.7. The van der Waals surface area contributed by atoms with Gasteiger partial charge in [-0.25, -0.2) is 23.5 Å². The largest absolute Gasteiger partial charge is 0.491 e. The minimum absolute atomic E-state index is 0.0189. The van der Waals surface area contributed by atoms with Gasteiger partial charge in [-0.1, -0.05) is 0 Å². The summed E-state index contributed by atoms with van der Waals surface area (Å²) >= 11 is 2.13. The highest BCUT2D eigenvalue weighted by Gasteiger charge is 2.58. The van der Waals surface area contributed by atoms with Crippen LogP contribution in [0.4, 0.5) is 30.9 Å². The van der Waals surface area contributed by atoms with Crippen molar-refractivity contribution in [1.29, 1.82) is 0 Å². The molecule has 0 aromatic carbocycles. The number of fused-ring (bicyclic) bond motifs is 4. The number of halogens is 3. The Morgan fingerprint density at radius 2 is 2.11 bits per heavy atom. The topological polar surface area (TPSA) is 109 Å². The average molecular weight is 618 g/mol. The van der Waals surface area contributed by atoms with Gasteiger partial charge in [0.25, 0.3) is 11.8 Å². The molecule has 186 valence electrons. The molecule has 4 heterocycles. The van der Waals surface area contributed by atoms with Crippen molar-refractivity contribution in [3.63, 3.8) is 0 Å². The quantitative estimate of drug-likeness (QED) is 0.265. The number of anilines is 3. The van der Waals surface area contributed by atoms with Crippen molar-refractivity contribution in [2.24, 2.45) is 0 Å². The third-order valence-electron chi connectivity index (χ3n) is 6.01. The van der Waals surface area contributed by atoms with E-state index in [0.717, 1.165) is 13.0 Å². The molecule has 14 heteroatoms. The van der Waals surface area contributed by atoms with Gasteiger partial charge in [0.05, 0.1) is 30.8 Å². The third kappa shape index (κ3) is 5.26. The number of ether oxygens (including phenoxy) is 1. The second kappa shape index (κ2) is 9.94. The van der Waals surface area contributed by atoms with Crippen LogP contribution >= 0.6 is 28.5 Å². The van der Waals surface area contributed by atoms with E-state index in [0.29, 0.717) is 49.3 Å². The van der Waals surface area contributed by atoms with Crippen LogP contribution in [0.2, 0.25) is 0 Å². The van der Waals surface area contributed by atoms with Crippen LogP contribution in [-0.4, -0.2) is 66.2 Å². The fourth-order valence-corrected chi connectivity index (χ4v) is 5.00. The molecule has 2 bridgehead atoms. The Labute approximate surface area is 214 Å². The van der Waals surface area contributed by atoms with Gasteiger partial charge in [-0.2, -0.15) is 0 Å². The van der Waals surface area contributed by atoms with Crippen LogP contribution in [0.5, 0.6) is 5.75 Å². The van der Waals surface area contributed by atoms with E-state index in [9.17, 15) is 18.4 Å². The third-order valence-corrected chi connectivity index (χ3v) is 7.26. The summed E-state index contributed by atoms with van der Waals surface area (Å²) in [6.45, 7) is 2.55. The zero-order chi connectivity index (χ0) is 24.6. The fraction of sp³-hybridized carbons (Fsp3) is 0.429. The lowest BCUT2D eigenvalue weighted by atomic mass is 10.1. The van der Waals surface area contributed by atoms with Crippen molar-refractivity contribution in [3.8, 4) is 5.75 Å². The average Bonchev–Trinajstić information content (AvgIpc) is 3.22. The van der Waals surface area contributed by atoms with Crippen molar-refractivity contribution < 1.29 is 27.6 Å². The maximum Gasteiger partial charge on any atom is 0.329 e. The van der Waals surface area contributed by atoms with Crippen LogP contribution in [-0.2, 0) is 4.52 Å². The molecule has 5 rings (SSSR count). The van der Waals surface area contributed by atoms with Crippen LogP contribution < -0.4 is 25.2 Å². The smallest absolute Gasteiger partial charge is 0.329 e. The van der Waals surface area contributed by atoms with E-state index in [1.165, 1.54) is 17.2 Å². The molecule has 2 aromatic heterocycles. The van der Waals surface area contributed by atoms with Crippen LogP contribution in [0.25, 0.3) is 0 Å². The summed E-state index contributed by atoms with van der Waals surface area (Å²) < 4.78 is 37.4. The van der Waals surface area contributed by atoms with Gasteiger partial charge >= 0.3 is 6.03 Å². The molecule has 0 radical (unpaired) electrons. The number of aromatic nitrogens is 2. The zero-order valence-corrected chi connectivity index (χ0v) is 21.5. The molecule has 35 heavy (non-hydrogen) atoms. The predicted octanol–water partition coefficient (Wildman–Crippen LogP) is 3.58. The summed E-state index contributed by atoms with van der Waals surface area (Å²) in [7, 11) is 0. The lowest BCUT2D eigenvalue weighted by Crippen LogP contribution is -2.48. The number of carbonyl (C=O) groups excluding carboxylic acids is 2. The molecule has 2 fully saturated rings. The Hall–Kier alpha value is -2.38. The molecule has 1 saturated heterocycles. The summed E-state index contributed by atoms with van der Waals surface area (Å²) in [5, 5.41) is 5.09. The first-order valence-corrected chi connectivity index (χ1v) is 15.0. The molecule has 3 atom stereocenters. The van der Waals surface area contributed by atoms with Crippen molar-refractivity contribution in [1.82, 2.24) is 15.3 Å². The van der Waals surface area contributed by atoms with E-state index < -0.39 is 23.9 Å². The molecule has 0 spiro atoms. The number of hydrogen-bond donors (Lipinski definition) is 2. The molecule has 3 aliphatic rings. The van der Waals surface area contributed by atoms with Crippen LogP contribution in [0.15, 0.2) is 30.5 Å². The highest BCUT2D eigenvalue weighted by atomic mass is 127. The predicted molar refractivity (Wildman–Crippen MR) is 135 cm³/mol. The zero-order valence-electron chi connectivity index (χ0n) is 18.3. The summed E-state index contributed by atoms with van der Waals surface area (Å²) in [4.78, 5) is 38.1. The van der Waals surface area contributed by atoms with E-state index >= 15 is 0 Å². The number of hydrogen-bond acceptors (Lipinski definition) is 7. The Morgan fingerprint density at radius 3 is 2.89 bits per heavy atom. The van der Waals surface area contributed by atoms with Gasteiger partial charge in [-0.3, -0.25) is 15.0 Å². The minimum Gasteiger partial charge on any atom is -0.491 e. The second-order valence-corrected chi connectivity index (χ2v) is 10.1. The van der Waals surface area contributed by atoms with Gasteiger partial charge in [0.2, 0.25) is 0 Å². The van der Waals surface area contributed by atoms with Crippen LogP contribution in [0, 0.1) is 0 Å². The van der Waals surface area contributed by atoms with Crippen molar-refractivity contribution in [3.05, 3.63) is 36.2 Å². The Balaban J connectivity index is 1.33. The Kier molecular flexibility index (Phi) is 6.91. The van der Waals surface area contributed by atoms with Crippen molar-refractivity contribution >= 4 is 57.8 Å². The van der Waals surface area contributed by atoms with Crippen molar-refractivity contribution in [2.45, 2.75) is 30.8 Å².